The lowest BCUT2D eigenvalue weighted by atomic mass is 9.93. The highest BCUT2D eigenvalue weighted by Gasteiger charge is 2.43. The van der Waals surface area contributed by atoms with Crippen molar-refractivity contribution in [1.29, 1.82) is 0 Å². The zero-order chi connectivity index (χ0) is 27.0. The van der Waals surface area contributed by atoms with Gasteiger partial charge in [-0.3, -0.25) is 0 Å². The van der Waals surface area contributed by atoms with Gasteiger partial charge in [-0.15, -0.1) is 0 Å². The van der Waals surface area contributed by atoms with Gasteiger partial charge in [0.25, 0.3) is 0 Å². The van der Waals surface area contributed by atoms with Crippen molar-refractivity contribution >= 4 is 8.80 Å². The van der Waals surface area contributed by atoms with Gasteiger partial charge in [-0.2, -0.15) is 0 Å². The first kappa shape index (κ1) is 34.7. The second-order valence-corrected chi connectivity index (χ2v) is 13.0. The third-order valence-corrected chi connectivity index (χ3v) is 10.3. The van der Waals surface area contributed by atoms with Gasteiger partial charge in [-0.1, -0.05) is 64.0 Å². The van der Waals surface area contributed by atoms with Crippen molar-refractivity contribution in [3.63, 3.8) is 0 Å². The number of ether oxygens (including phenoxy) is 2. The van der Waals surface area contributed by atoms with Gasteiger partial charge in [0, 0.05) is 39.1 Å². The Hall–Kier alpha value is -0.283. The van der Waals surface area contributed by atoms with Crippen LogP contribution in [0.4, 0.5) is 0 Å². The number of epoxide rings is 1. The van der Waals surface area contributed by atoms with E-state index < -0.39 is 8.80 Å². The lowest BCUT2D eigenvalue weighted by Gasteiger charge is -2.28. The highest BCUT2D eigenvalue weighted by molar-refractivity contribution is 6.60. The summed E-state index contributed by atoms with van der Waals surface area (Å²) in [6.45, 7) is 11.6. The monoisotopic (exact) mass is 544 g/mol. The molecule has 0 bridgehead atoms. The van der Waals surface area contributed by atoms with Crippen molar-refractivity contribution in [2.45, 2.75) is 136 Å². The molecule has 0 aromatic heterocycles. The smallest absolute Gasteiger partial charge is 0.394 e. The summed E-state index contributed by atoms with van der Waals surface area (Å²) in [6, 6.07) is 0.789. The zero-order valence-electron chi connectivity index (χ0n) is 24.7. The van der Waals surface area contributed by atoms with Crippen LogP contribution in [0.2, 0.25) is 6.04 Å². The average molecular weight is 545 g/mol. The van der Waals surface area contributed by atoms with E-state index in [-0.39, 0.29) is 18.8 Å². The van der Waals surface area contributed by atoms with Gasteiger partial charge in [0.15, 0.2) is 0 Å². The Labute approximate surface area is 230 Å². The standard InChI is InChI=1S/C30H60O6Si/c1-5-9-10-11-12-13-14-15-16-17-18-19-20-22-28(30-29(27-31)36-30)23-25-32-24-21-26-37(33-6-2,34-7-3)35-8-4/h15-16,28-31H,5-14,17-27H2,1-4H3/b16-15-. The maximum Gasteiger partial charge on any atom is 0.501 e. The van der Waals surface area contributed by atoms with Crippen LogP contribution < -0.4 is 0 Å². The van der Waals surface area contributed by atoms with Gasteiger partial charge < -0.3 is 27.9 Å². The van der Waals surface area contributed by atoms with Gasteiger partial charge in [-0.25, -0.2) is 0 Å². The molecule has 1 rings (SSSR count). The van der Waals surface area contributed by atoms with E-state index in [2.05, 4.69) is 19.1 Å². The predicted molar refractivity (Wildman–Crippen MR) is 155 cm³/mol. The Bertz CT molecular complexity index is 515. The van der Waals surface area contributed by atoms with Crippen LogP contribution in [0.3, 0.4) is 0 Å². The molecule has 37 heavy (non-hydrogen) atoms. The van der Waals surface area contributed by atoms with Crippen LogP contribution >= 0.6 is 0 Å². The number of aliphatic hydroxyl groups excluding tert-OH is 1. The summed E-state index contributed by atoms with van der Waals surface area (Å²) in [5.41, 5.74) is 0. The number of hydrogen-bond acceptors (Lipinski definition) is 6. The van der Waals surface area contributed by atoms with Crippen molar-refractivity contribution < 1.29 is 27.9 Å². The molecule has 1 aliphatic heterocycles. The lowest BCUT2D eigenvalue weighted by molar-refractivity contribution is 0.0645. The Morgan fingerprint density at radius 2 is 1.32 bits per heavy atom. The summed E-state index contributed by atoms with van der Waals surface area (Å²) in [5.74, 6) is 0.476. The van der Waals surface area contributed by atoms with Crippen molar-refractivity contribution in [1.82, 2.24) is 0 Å². The van der Waals surface area contributed by atoms with Gasteiger partial charge in [0.05, 0.1) is 12.7 Å². The van der Waals surface area contributed by atoms with E-state index in [1.54, 1.807) is 0 Å². The fourth-order valence-electron chi connectivity index (χ4n) is 5.04. The average Bonchev–Trinajstić information content (AvgIpc) is 3.68. The maximum atomic E-state index is 9.46. The summed E-state index contributed by atoms with van der Waals surface area (Å²) in [7, 11) is -2.58. The fourth-order valence-corrected chi connectivity index (χ4v) is 7.62. The zero-order valence-corrected chi connectivity index (χ0v) is 25.7. The maximum absolute atomic E-state index is 9.46. The van der Waals surface area contributed by atoms with E-state index in [0.717, 1.165) is 31.9 Å². The number of unbranched alkanes of at least 4 members (excludes halogenated alkanes) is 9. The van der Waals surface area contributed by atoms with E-state index >= 15 is 0 Å². The molecule has 1 aliphatic rings. The SMILES string of the molecule is CCCCCCCC/C=C\CCCCCC(CCOCCC[Si](OCC)(OCC)OCC)C1OC1CO. The molecule has 1 heterocycles. The summed E-state index contributed by atoms with van der Waals surface area (Å²) < 4.78 is 29.5. The highest BCUT2D eigenvalue weighted by Crippen LogP contribution is 2.34. The molecule has 220 valence electrons. The Morgan fingerprint density at radius 1 is 0.730 bits per heavy atom. The summed E-state index contributed by atoms with van der Waals surface area (Å²) in [6.07, 6.45) is 22.4. The molecule has 6 nitrogen and oxygen atoms in total. The van der Waals surface area contributed by atoms with Gasteiger partial charge in [-0.05, 0) is 71.6 Å². The molecule has 3 unspecified atom stereocenters. The first-order valence-corrected chi connectivity index (χ1v) is 17.5. The Morgan fingerprint density at radius 3 is 1.89 bits per heavy atom. The molecule has 7 heteroatoms. The second kappa shape index (κ2) is 23.6. The summed E-state index contributed by atoms with van der Waals surface area (Å²) in [4.78, 5) is 0. The molecule has 0 amide bonds. The van der Waals surface area contributed by atoms with Gasteiger partial charge in [0.2, 0.25) is 0 Å². The first-order chi connectivity index (χ1) is 18.2. The molecule has 0 aromatic rings. The van der Waals surface area contributed by atoms with Crippen LogP contribution in [0.5, 0.6) is 0 Å². The predicted octanol–water partition coefficient (Wildman–Crippen LogP) is 7.46. The molecule has 0 spiro atoms. The third-order valence-electron chi connectivity index (χ3n) is 7.10. The molecule has 3 atom stereocenters. The normalized spacial score (nSPS) is 18.6. The van der Waals surface area contributed by atoms with Crippen molar-refractivity contribution in [3.05, 3.63) is 12.2 Å². The summed E-state index contributed by atoms with van der Waals surface area (Å²) >= 11 is 0. The minimum absolute atomic E-state index is 0.0325. The molecule has 0 saturated carbocycles. The van der Waals surface area contributed by atoms with Crippen LogP contribution in [0.15, 0.2) is 12.2 Å². The van der Waals surface area contributed by atoms with Crippen LogP contribution in [-0.4, -0.2) is 65.8 Å². The number of rotatable bonds is 28. The van der Waals surface area contributed by atoms with Crippen LogP contribution in [0.1, 0.15) is 118 Å². The van der Waals surface area contributed by atoms with E-state index in [1.165, 1.54) is 70.6 Å². The Balaban J connectivity index is 2.17. The first-order valence-electron chi connectivity index (χ1n) is 15.6. The minimum atomic E-state index is -2.58. The summed E-state index contributed by atoms with van der Waals surface area (Å²) in [5, 5.41) is 9.46. The Kier molecular flexibility index (Phi) is 22.2. The lowest BCUT2D eigenvalue weighted by Crippen LogP contribution is -2.46. The second-order valence-electron chi connectivity index (χ2n) is 10.2. The van der Waals surface area contributed by atoms with Crippen LogP contribution in [0, 0.1) is 5.92 Å². The molecule has 0 radical (unpaired) electrons. The van der Waals surface area contributed by atoms with E-state index in [4.69, 9.17) is 22.8 Å². The van der Waals surface area contributed by atoms with Gasteiger partial charge >= 0.3 is 8.80 Å². The number of aliphatic hydroxyl groups is 1. The van der Waals surface area contributed by atoms with Crippen LogP contribution in [-0.2, 0) is 22.8 Å². The minimum Gasteiger partial charge on any atom is -0.394 e. The molecular weight excluding hydrogens is 484 g/mol. The fraction of sp³-hybridized carbons (Fsp3) is 0.933. The molecule has 1 saturated heterocycles. The molecular formula is C30H60O6Si. The highest BCUT2D eigenvalue weighted by atomic mass is 28.4. The molecule has 0 aliphatic carbocycles. The molecule has 1 fully saturated rings. The number of allylic oxidation sites excluding steroid dienone is 2. The quantitative estimate of drug-likeness (QED) is 0.0477. The number of hydrogen-bond donors (Lipinski definition) is 1. The molecule has 0 aromatic carbocycles. The topological polar surface area (TPSA) is 69.7 Å². The molecule has 1 N–H and O–H groups in total. The third kappa shape index (κ3) is 17.1. The van der Waals surface area contributed by atoms with E-state index in [1.807, 2.05) is 20.8 Å². The van der Waals surface area contributed by atoms with Crippen molar-refractivity contribution in [2.24, 2.45) is 5.92 Å². The van der Waals surface area contributed by atoms with Gasteiger partial charge in [0.1, 0.15) is 6.10 Å². The van der Waals surface area contributed by atoms with E-state index in [0.29, 0.717) is 32.3 Å². The van der Waals surface area contributed by atoms with Crippen molar-refractivity contribution in [3.8, 4) is 0 Å². The van der Waals surface area contributed by atoms with E-state index in [9.17, 15) is 5.11 Å². The largest absolute Gasteiger partial charge is 0.501 e. The van der Waals surface area contributed by atoms with Crippen LogP contribution in [0.25, 0.3) is 0 Å². The van der Waals surface area contributed by atoms with Crippen molar-refractivity contribution in [2.75, 3.05) is 39.6 Å².